The van der Waals surface area contributed by atoms with Crippen LogP contribution in [0, 0.1) is 16.7 Å². The second-order valence-corrected chi connectivity index (χ2v) is 5.95. The highest BCUT2D eigenvalue weighted by Crippen LogP contribution is 2.24. The van der Waals surface area contributed by atoms with Gasteiger partial charge in [-0.05, 0) is 47.1 Å². The first-order chi connectivity index (χ1) is 7.37. The standard InChI is InChI=1S/C13H24N2O/c1-12(2,10-14)6-5-7-15-8-9-16-11-13(15,3)4/h5-9,11H2,1-4H3. The molecule has 1 fully saturated rings. The Balaban J connectivity index is 2.35. The highest BCUT2D eigenvalue weighted by atomic mass is 16.5. The van der Waals surface area contributed by atoms with Gasteiger partial charge in [0.2, 0.25) is 0 Å². The molecule has 0 aromatic heterocycles. The number of hydrogen-bond donors (Lipinski definition) is 0. The number of morpholine rings is 1. The second-order valence-electron chi connectivity index (χ2n) is 5.95. The molecule has 1 heterocycles. The molecule has 0 saturated carbocycles. The fourth-order valence-electron chi connectivity index (χ4n) is 2.07. The largest absolute Gasteiger partial charge is 0.378 e. The third-order valence-corrected chi connectivity index (χ3v) is 3.35. The maximum atomic E-state index is 8.95. The van der Waals surface area contributed by atoms with Crippen LogP contribution in [0.1, 0.15) is 40.5 Å². The minimum atomic E-state index is -0.184. The van der Waals surface area contributed by atoms with E-state index in [0.717, 1.165) is 39.1 Å². The summed E-state index contributed by atoms with van der Waals surface area (Å²) >= 11 is 0. The van der Waals surface area contributed by atoms with Crippen molar-refractivity contribution in [3.05, 3.63) is 0 Å². The average Bonchev–Trinajstić information content (AvgIpc) is 2.20. The van der Waals surface area contributed by atoms with E-state index in [9.17, 15) is 0 Å². The smallest absolute Gasteiger partial charge is 0.0683 e. The molecular weight excluding hydrogens is 200 g/mol. The van der Waals surface area contributed by atoms with Gasteiger partial charge < -0.3 is 4.74 Å². The Labute approximate surface area is 99.4 Å². The van der Waals surface area contributed by atoms with Crippen molar-refractivity contribution in [1.29, 1.82) is 5.26 Å². The van der Waals surface area contributed by atoms with E-state index in [4.69, 9.17) is 10.00 Å². The van der Waals surface area contributed by atoms with E-state index in [1.807, 2.05) is 13.8 Å². The van der Waals surface area contributed by atoms with Crippen molar-refractivity contribution in [1.82, 2.24) is 4.90 Å². The summed E-state index contributed by atoms with van der Waals surface area (Å²) < 4.78 is 5.49. The molecule has 0 atom stereocenters. The van der Waals surface area contributed by atoms with Gasteiger partial charge in [-0.1, -0.05) is 0 Å². The molecule has 0 amide bonds. The Morgan fingerprint density at radius 1 is 1.44 bits per heavy atom. The number of nitrogens with zero attached hydrogens (tertiary/aromatic N) is 2. The fraction of sp³-hybridized carbons (Fsp3) is 0.923. The number of ether oxygens (including phenoxy) is 1. The first kappa shape index (κ1) is 13.5. The highest BCUT2D eigenvalue weighted by molar-refractivity contribution is 4.92. The predicted octanol–water partition coefficient (Wildman–Crippen LogP) is 2.43. The van der Waals surface area contributed by atoms with Crippen LogP contribution in [0.2, 0.25) is 0 Å². The molecule has 1 rings (SSSR count). The molecule has 0 bridgehead atoms. The van der Waals surface area contributed by atoms with Crippen LogP contribution in [0.15, 0.2) is 0 Å². The van der Waals surface area contributed by atoms with Gasteiger partial charge in [0, 0.05) is 12.1 Å². The van der Waals surface area contributed by atoms with Gasteiger partial charge in [-0.2, -0.15) is 5.26 Å². The molecule has 1 aliphatic rings. The van der Waals surface area contributed by atoms with Gasteiger partial charge in [0.25, 0.3) is 0 Å². The highest BCUT2D eigenvalue weighted by Gasteiger charge is 2.30. The monoisotopic (exact) mass is 224 g/mol. The Bertz CT molecular complexity index is 266. The van der Waals surface area contributed by atoms with Crippen molar-refractivity contribution < 1.29 is 4.74 Å². The van der Waals surface area contributed by atoms with Crippen molar-refractivity contribution in [3.63, 3.8) is 0 Å². The zero-order valence-corrected chi connectivity index (χ0v) is 11.0. The van der Waals surface area contributed by atoms with Crippen LogP contribution < -0.4 is 0 Å². The van der Waals surface area contributed by atoms with Gasteiger partial charge in [-0.25, -0.2) is 0 Å². The van der Waals surface area contributed by atoms with Gasteiger partial charge in [-0.15, -0.1) is 0 Å². The van der Waals surface area contributed by atoms with Gasteiger partial charge in [0.05, 0.1) is 24.7 Å². The molecule has 0 radical (unpaired) electrons. The van der Waals surface area contributed by atoms with Crippen LogP contribution >= 0.6 is 0 Å². The maximum Gasteiger partial charge on any atom is 0.0683 e. The number of hydrogen-bond acceptors (Lipinski definition) is 3. The minimum absolute atomic E-state index is 0.148. The molecule has 0 aliphatic carbocycles. The molecule has 1 aliphatic heterocycles. The number of nitriles is 1. The summed E-state index contributed by atoms with van der Waals surface area (Å²) in [5.74, 6) is 0. The molecule has 92 valence electrons. The van der Waals surface area contributed by atoms with Crippen LogP contribution in [0.4, 0.5) is 0 Å². The first-order valence-corrected chi connectivity index (χ1v) is 6.11. The fourth-order valence-corrected chi connectivity index (χ4v) is 2.07. The second kappa shape index (κ2) is 5.16. The van der Waals surface area contributed by atoms with Crippen LogP contribution in [0.25, 0.3) is 0 Å². The summed E-state index contributed by atoms with van der Waals surface area (Å²) in [4.78, 5) is 2.48. The molecule has 0 aromatic rings. The van der Waals surface area contributed by atoms with Crippen molar-refractivity contribution >= 4 is 0 Å². The average molecular weight is 224 g/mol. The summed E-state index contributed by atoms with van der Waals surface area (Å²) in [7, 11) is 0. The number of rotatable bonds is 4. The van der Waals surface area contributed by atoms with Gasteiger partial charge in [-0.3, -0.25) is 4.90 Å². The Hall–Kier alpha value is -0.590. The first-order valence-electron chi connectivity index (χ1n) is 6.11. The lowest BCUT2D eigenvalue weighted by atomic mass is 9.89. The van der Waals surface area contributed by atoms with Crippen LogP contribution in [-0.4, -0.2) is 36.7 Å². The lowest BCUT2D eigenvalue weighted by Gasteiger charge is -2.42. The van der Waals surface area contributed by atoms with E-state index in [1.165, 1.54) is 0 Å². The zero-order valence-electron chi connectivity index (χ0n) is 11.0. The summed E-state index contributed by atoms with van der Waals surface area (Å²) in [5.41, 5.74) is -0.0362. The van der Waals surface area contributed by atoms with Crippen LogP contribution in [0.5, 0.6) is 0 Å². The van der Waals surface area contributed by atoms with E-state index >= 15 is 0 Å². The van der Waals surface area contributed by atoms with E-state index in [2.05, 4.69) is 24.8 Å². The third-order valence-electron chi connectivity index (χ3n) is 3.35. The lowest BCUT2D eigenvalue weighted by Crippen LogP contribution is -2.53. The van der Waals surface area contributed by atoms with Crippen molar-refractivity contribution in [2.24, 2.45) is 5.41 Å². The lowest BCUT2D eigenvalue weighted by molar-refractivity contribution is -0.0518. The molecule has 3 nitrogen and oxygen atoms in total. The molecule has 0 aromatic carbocycles. The van der Waals surface area contributed by atoms with Crippen molar-refractivity contribution in [3.8, 4) is 6.07 Å². The quantitative estimate of drug-likeness (QED) is 0.736. The zero-order chi connectivity index (χ0) is 12.2. The van der Waals surface area contributed by atoms with Gasteiger partial charge >= 0.3 is 0 Å². The normalized spacial score (nSPS) is 21.7. The van der Waals surface area contributed by atoms with Crippen molar-refractivity contribution in [2.75, 3.05) is 26.3 Å². The Kier molecular flexibility index (Phi) is 4.35. The molecule has 0 N–H and O–H groups in total. The molecule has 0 spiro atoms. The topological polar surface area (TPSA) is 36.3 Å². The summed E-state index contributed by atoms with van der Waals surface area (Å²) in [5, 5.41) is 8.95. The third kappa shape index (κ3) is 3.77. The molecule has 1 saturated heterocycles. The van der Waals surface area contributed by atoms with E-state index in [0.29, 0.717) is 0 Å². The minimum Gasteiger partial charge on any atom is -0.378 e. The Morgan fingerprint density at radius 2 is 2.12 bits per heavy atom. The predicted molar refractivity (Wildman–Crippen MR) is 65.1 cm³/mol. The molecule has 3 heteroatoms. The summed E-state index contributed by atoms with van der Waals surface area (Å²) in [6.45, 7) is 12.2. The van der Waals surface area contributed by atoms with Gasteiger partial charge in [0.15, 0.2) is 0 Å². The summed E-state index contributed by atoms with van der Waals surface area (Å²) in [6, 6.07) is 2.36. The van der Waals surface area contributed by atoms with E-state index in [1.54, 1.807) is 0 Å². The SMILES string of the molecule is CC(C)(C#N)CCCN1CCOCC1(C)C. The summed E-state index contributed by atoms with van der Waals surface area (Å²) in [6.07, 6.45) is 2.06. The van der Waals surface area contributed by atoms with E-state index in [-0.39, 0.29) is 11.0 Å². The van der Waals surface area contributed by atoms with E-state index < -0.39 is 0 Å². The maximum absolute atomic E-state index is 8.95. The molecular formula is C13H24N2O. The van der Waals surface area contributed by atoms with Gasteiger partial charge in [0.1, 0.15) is 0 Å². The van der Waals surface area contributed by atoms with Crippen LogP contribution in [-0.2, 0) is 4.74 Å². The molecule has 16 heavy (non-hydrogen) atoms. The van der Waals surface area contributed by atoms with Crippen LogP contribution in [0.3, 0.4) is 0 Å². The molecule has 0 unspecified atom stereocenters. The van der Waals surface area contributed by atoms with Crippen molar-refractivity contribution in [2.45, 2.75) is 46.1 Å². The Morgan fingerprint density at radius 3 is 2.69 bits per heavy atom.